The SMILES string of the molecule is Cc1cc(C)c(C(=O)/C(=C/N2CCc3ccccc32)c2ccccc2)c(C)c1. The zero-order valence-electron chi connectivity index (χ0n) is 16.7. The average molecular weight is 367 g/mol. The van der Waals surface area contributed by atoms with Gasteiger partial charge in [-0.25, -0.2) is 0 Å². The van der Waals surface area contributed by atoms with E-state index in [0.717, 1.165) is 40.8 Å². The highest BCUT2D eigenvalue weighted by molar-refractivity contribution is 6.30. The summed E-state index contributed by atoms with van der Waals surface area (Å²) in [5.41, 5.74) is 8.29. The van der Waals surface area contributed by atoms with Crippen LogP contribution in [0.25, 0.3) is 5.57 Å². The monoisotopic (exact) mass is 367 g/mol. The van der Waals surface area contributed by atoms with Gasteiger partial charge in [0.15, 0.2) is 5.78 Å². The predicted octanol–water partition coefficient (Wildman–Crippen LogP) is 5.90. The Morgan fingerprint density at radius 2 is 1.54 bits per heavy atom. The Labute approximate surface area is 167 Å². The number of aryl methyl sites for hydroxylation is 3. The first-order valence-corrected chi connectivity index (χ1v) is 9.79. The van der Waals surface area contributed by atoms with Crippen LogP contribution in [0.4, 0.5) is 5.69 Å². The summed E-state index contributed by atoms with van der Waals surface area (Å²) < 4.78 is 0. The zero-order chi connectivity index (χ0) is 19.7. The van der Waals surface area contributed by atoms with Gasteiger partial charge in [-0.05, 0) is 55.5 Å². The van der Waals surface area contributed by atoms with E-state index >= 15 is 0 Å². The summed E-state index contributed by atoms with van der Waals surface area (Å²) in [7, 11) is 0. The minimum Gasteiger partial charge on any atom is -0.347 e. The van der Waals surface area contributed by atoms with Gasteiger partial charge in [-0.1, -0.05) is 66.2 Å². The lowest BCUT2D eigenvalue weighted by molar-refractivity contribution is 0.105. The number of carbonyl (C=O) groups is 1. The third-order valence-electron chi connectivity index (χ3n) is 5.44. The van der Waals surface area contributed by atoms with E-state index in [1.807, 2.05) is 50.4 Å². The van der Waals surface area contributed by atoms with Crippen LogP contribution in [0.5, 0.6) is 0 Å². The summed E-state index contributed by atoms with van der Waals surface area (Å²) in [5, 5.41) is 0. The standard InChI is InChI=1S/C26H25NO/c1-18-15-19(2)25(20(3)16-18)26(28)23(21-9-5-4-6-10-21)17-27-14-13-22-11-7-8-12-24(22)27/h4-12,15-17H,13-14H2,1-3H3/b23-17+. The van der Waals surface area contributed by atoms with Gasteiger partial charge in [0.2, 0.25) is 0 Å². The molecular formula is C26H25NO. The van der Waals surface area contributed by atoms with Crippen molar-refractivity contribution in [2.45, 2.75) is 27.2 Å². The molecule has 0 aliphatic carbocycles. The summed E-state index contributed by atoms with van der Waals surface area (Å²) >= 11 is 0. The zero-order valence-corrected chi connectivity index (χ0v) is 16.7. The Kier molecular flexibility index (Phi) is 4.87. The van der Waals surface area contributed by atoms with E-state index < -0.39 is 0 Å². The lowest BCUT2D eigenvalue weighted by atomic mass is 9.90. The van der Waals surface area contributed by atoms with Gasteiger partial charge in [-0.15, -0.1) is 0 Å². The molecule has 0 spiro atoms. The molecule has 0 saturated carbocycles. The highest BCUT2D eigenvalue weighted by atomic mass is 16.1. The molecule has 0 unspecified atom stereocenters. The van der Waals surface area contributed by atoms with Gasteiger partial charge < -0.3 is 4.90 Å². The van der Waals surface area contributed by atoms with E-state index in [0.29, 0.717) is 0 Å². The first-order chi connectivity index (χ1) is 13.5. The van der Waals surface area contributed by atoms with Crippen LogP contribution in [0.1, 0.15) is 38.2 Å². The van der Waals surface area contributed by atoms with Crippen LogP contribution in [0.2, 0.25) is 0 Å². The van der Waals surface area contributed by atoms with Crippen LogP contribution in [0.3, 0.4) is 0 Å². The lowest BCUT2D eigenvalue weighted by Gasteiger charge is -2.19. The van der Waals surface area contributed by atoms with Crippen LogP contribution < -0.4 is 4.90 Å². The fraction of sp³-hybridized carbons (Fsp3) is 0.192. The normalized spacial score (nSPS) is 13.5. The van der Waals surface area contributed by atoms with Crippen molar-refractivity contribution in [1.29, 1.82) is 0 Å². The summed E-state index contributed by atoms with van der Waals surface area (Å²) in [6.45, 7) is 7.03. The second-order valence-electron chi connectivity index (χ2n) is 7.58. The fourth-order valence-corrected chi connectivity index (χ4v) is 4.21. The molecule has 0 bridgehead atoms. The van der Waals surface area contributed by atoms with E-state index in [2.05, 4.69) is 48.2 Å². The largest absolute Gasteiger partial charge is 0.347 e. The molecule has 28 heavy (non-hydrogen) atoms. The number of hydrogen-bond donors (Lipinski definition) is 0. The second kappa shape index (κ2) is 7.47. The molecule has 140 valence electrons. The molecular weight excluding hydrogens is 342 g/mol. The van der Waals surface area contributed by atoms with Crippen molar-refractivity contribution in [2.75, 3.05) is 11.4 Å². The van der Waals surface area contributed by atoms with E-state index in [4.69, 9.17) is 0 Å². The quantitative estimate of drug-likeness (QED) is 0.423. The molecule has 0 amide bonds. The maximum absolute atomic E-state index is 13.7. The van der Waals surface area contributed by atoms with E-state index in [9.17, 15) is 4.79 Å². The highest BCUT2D eigenvalue weighted by Crippen LogP contribution is 2.31. The van der Waals surface area contributed by atoms with Crippen molar-refractivity contribution in [3.63, 3.8) is 0 Å². The molecule has 4 rings (SSSR count). The molecule has 0 fully saturated rings. The molecule has 0 aromatic heterocycles. The Hall–Kier alpha value is -3.13. The van der Waals surface area contributed by atoms with Crippen molar-refractivity contribution in [3.05, 3.63) is 106 Å². The number of allylic oxidation sites excluding steroid dienone is 1. The van der Waals surface area contributed by atoms with Crippen LogP contribution in [0, 0.1) is 20.8 Å². The van der Waals surface area contributed by atoms with Crippen molar-refractivity contribution in [1.82, 2.24) is 0 Å². The number of ketones is 1. The van der Waals surface area contributed by atoms with Crippen molar-refractivity contribution < 1.29 is 4.79 Å². The first-order valence-electron chi connectivity index (χ1n) is 9.79. The van der Waals surface area contributed by atoms with Crippen LogP contribution in [-0.4, -0.2) is 12.3 Å². The molecule has 3 aromatic rings. The molecule has 2 nitrogen and oxygen atoms in total. The van der Waals surface area contributed by atoms with E-state index in [-0.39, 0.29) is 5.78 Å². The number of hydrogen-bond acceptors (Lipinski definition) is 2. The van der Waals surface area contributed by atoms with Gasteiger partial charge >= 0.3 is 0 Å². The third kappa shape index (κ3) is 3.38. The van der Waals surface area contributed by atoms with Gasteiger partial charge in [-0.2, -0.15) is 0 Å². The van der Waals surface area contributed by atoms with Gasteiger partial charge in [0, 0.05) is 29.6 Å². The van der Waals surface area contributed by atoms with Crippen molar-refractivity contribution in [2.24, 2.45) is 0 Å². The Morgan fingerprint density at radius 1 is 0.893 bits per heavy atom. The number of rotatable bonds is 4. The number of Topliss-reactive ketones (excluding diaryl/α,β-unsaturated/α-hetero) is 1. The minimum atomic E-state index is 0.0885. The van der Waals surface area contributed by atoms with Crippen LogP contribution >= 0.6 is 0 Å². The van der Waals surface area contributed by atoms with Gasteiger partial charge in [0.25, 0.3) is 0 Å². The molecule has 0 saturated heterocycles. The molecule has 2 heteroatoms. The maximum Gasteiger partial charge on any atom is 0.195 e. The summed E-state index contributed by atoms with van der Waals surface area (Å²) in [5.74, 6) is 0.0885. The number of carbonyl (C=O) groups excluding carboxylic acids is 1. The lowest BCUT2D eigenvalue weighted by Crippen LogP contribution is -2.16. The number of fused-ring (bicyclic) bond motifs is 1. The van der Waals surface area contributed by atoms with E-state index in [1.165, 1.54) is 16.8 Å². The minimum absolute atomic E-state index is 0.0885. The molecule has 0 atom stereocenters. The number of benzene rings is 3. The fourth-order valence-electron chi connectivity index (χ4n) is 4.21. The molecule has 0 N–H and O–H groups in total. The van der Waals surface area contributed by atoms with Gasteiger partial charge in [0.1, 0.15) is 0 Å². The highest BCUT2D eigenvalue weighted by Gasteiger charge is 2.23. The third-order valence-corrected chi connectivity index (χ3v) is 5.44. The smallest absolute Gasteiger partial charge is 0.195 e. The van der Waals surface area contributed by atoms with Crippen molar-refractivity contribution in [3.8, 4) is 0 Å². The topological polar surface area (TPSA) is 20.3 Å². The van der Waals surface area contributed by atoms with Crippen molar-refractivity contribution >= 4 is 17.0 Å². The average Bonchev–Trinajstić information content (AvgIpc) is 3.09. The number of nitrogens with zero attached hydrogens (tertiary/aromatic N) is 1. The van der Waals surface area contributed by atoms with Crippen LogP contribution in [-0.2, 0) is 6.42 Å². The van der Waals surface area contributed by atoms with Gasteiger partial charge in [-0.3, -0.25) is 4.79 Å². The van der Waals surface area contributed by atoms with Crippen LogP contribution in [0.15, 0.2) is 72.9 Å². The number of anilines is 1. The summed E-state index contributed by atoms with van der Waals surface area (Å²) in [6.07, 6.45) is 3.05. The Bertz CT molecular complexity index is 1040. The molecule has 0 radical (unpaired) electrons. The first kappa shape index (κ1) is 18.2. The molecule has 1 aliphatic rings. The number of para-hydroxylation sites is 1. The maximum atomic E-state index is 13.7. The molecule has 1 aliphatic heterocycles. The van der Waals surface area contributed by atoms with Gasteiger partial charge in [0.05, 0.1) is 0 Å². The molecule has 3 aromatic carbocycles. The second-order valence-corrected chi connectivity index (χ2v) is 7.58. The van der Waals surface area contributed by atoms with E-state index in [1.54, 1.807) is 0 Å². The Balaban J connectivity index is 1.83. The Morgan fingerprint density at radius 3 is 2.25 bits per heavy atom. The summed E-state index contributed by atoms with van der Waals surface area (Å²) in [6, 6.07) is 22.6. The molecule has 1 heterocycles. The summed E-state index contributed by atoms with van der Waals surface area (Å²) in [4.78, 5) is 15.9. The predicted molar refractivity (Wildman–Crippen MR) is 117 cm³/mol.